The summed E-state index contributed by atoms with van der Waals surface area (Å²) in [5.74, 6) is 1.85. The molecule has 0 aromatic heterocycles. The Balaban J connectivity index is 1.46. The van der Waals surface area contributed by atoms with E-state index < -0.39 is 16.3 Å². The standard InChI is InChI=1S/C62H64O2P2/c1-39-13-21-55(22-14-39)65(56-23-15-40(2)16-24-56)63-61-53(37-51-31-43(5)29-44(6)32-51)35-47(9)49(11)59(61)60-50(12)48(10)36-54(38-52-33-45(7)30-46(8)34-52)62(60)64-66(57-25-17-41(3)18-26-57)58-27-19-42(4)20-28-58/h13-36H,37-38H2,1-12H3. The maximum atomic E-state index is 7.91. The van der Waals surface area contributed by atoms with Gasteiger partial charge in [-0.2, -0.15) is 0 Å². The van der Waals surface area contributed by atoms with Gasteiger partial charge in [0.15, 0.2) is 16.3 Å². The van der Waals surface area contributed by atoms with E-state index in [2.05, 4.69) is 229 Å². The van der Waals surface area contributed by atoms with Crippen LogP contribution in [0.2, 0.25) is 0 Å². The van der Waals surface area contributed by atoms with E-state index in [1.807, 2.05) is 0 Å². The fourth-order valence-electron chi connectivity index (χ4n) is 9.19. The SMILES string of the molecule is Cc1ccc(P(Oc2c(Cc3cc(C)cc(C)c3)cc(C)c(C)c2-c2c(C)c(C)cc(Cc3cc(C)cc(C)c3)c2OP(c2ccc(C)cc2)c2ccc(C)cc2)c2ccc(C)cc2)cc1. The molecule has 0 heterocycles. The van der Waals surface area contributed by atoms with Gasteiger partial charge in [-0.1, -0.05) is 190 Å². The largest absolute Gasteiger partial charge is 0.464 e. The molecular weight excluding hydrogens is 839 g/mol. The number of hydrogen-bond acceptors (Lipinski definition) is 2. The van der Waals surface area contributed by atoms with Crippen molar-refractivity contribution in [3.8, 4) is 22.6 Å². The third kappa shape index (κ3) is 10.6. The Hall–Kier alpha value is -5.78. The quantitative estimate of drug-likeness (QED) is 0.107. The predicted molar refractivity (Wildman–Crippen MR) is 287 cm³/mol. The molecule has 8 aromatic carbocycles. The molecule has 0 unspecified atom stereocenters. The molecule has 8 rings (SSSR count). The molecule has 8 aromatic rings. The molecule has 0 amide bonds. The summed E-state index contributed by atoms with van der Waals surface area (Å²) < 4.78 is 15.8. The van der Waals surface area contributed by atoms with Gasteiger partial charge < -0.3 is 9.05 Å². The zero-order chi connectivity index (χ0) is 46.8. The molecule has 334 valence electrons. The molecule has 0 aliphatic carbocycles. The van der Waals surface area contributed by atoms with Crippen molar-refractivity contribution in [2.45, 2.75) is 95.9 Å². The number of aryl methyl sites for hydroxylation is 10. The first kappa shape index (κ1) is 46.7. The van der Waals surface area contributed by atoms with Crippen LogP contribution in [-0.4, -0.2) is 0 Å². The molecule has 0 atom stereocenters. The molecule has 0 aliphatic rings. The molecule has 0 fully saturated rings. The molecule has 2 nitrogen and oxygen atoms in total. The topological polar surface area (TPSA) is 18.5 Å². The van der Waals surface area contributed by atoms with E-state index >= 15 is 0 Å². The minimum atomic E-state index is -1.30. The van der Waals surface area contributed by atoms with Gasteiger partial charge in [-0.25, -0.2) is 0 Å². The summed E-state index contributed by atoms with van der Waals surface area (Å²) in [6.07, 6.45) is 1.46. The van der Waals surface area contributed by atoms with Crippen molar-refractivity contribution in [1.82, 2.24) is 0 Å². The highest BCUT2D eigenvalue weighted by Gasteiger charge is 2.30. The van der Waals surface area contributed by atoms with Crippen molar-refractivity contribution in [3.05, 3.63) is 235 Å². The lowest BCUT2D eigenvalue weighted by Crippen LogP contribution is -2.18. The van der Waals surface area contributed by atoms with E-state index in [4.69, 9.17) is 9.05 Å². The Bertz CT molecular complexity index is 2680. The van der Waals surface area contributed by atoms with Crippen molar-refractivity contribution in [3.63, 3.8) is 0 Å². The zero-order valence-electron chi connectivity index (χ0n) is 41.0. The van der Waals surface area contributed by atoms with Crippen molar-refractivity contribution in [1.29, 1.82) is 0 Å². The minimum Gasteiger partial charge on any atom is -0.464 e. The summed E-state index contributed by atoms with van der Waals surface area (Å²) in [4.78, 5) is 0. The summed E-state index contributed by atoms with van der Waals surface area (Å²) in [7, 11) is -2.60. The zero-order valence-corrected chi connectivity index (χ0v) is 42.8. The Morgan fingerprint density at radius 1 is 0.303 bits per heavy atom. The average Bonchev–Trinajstić information content (AvgIpc) is 3.26. The Morgan fingerprint density at radius 2 is 0.561 bits per heavy atom. The Morgan fingerprint density at radius 3 is 0.818 bits per heavy atom. The molecule has 4 heteroatoms. The lowest BCUT2D eigenvalue weighted by atomic mass is 9.85. The second kappa shape index (κ2) is 20.0. The molecule has 0 aliphatic heterocycles. The molecule has 0 saturated carbocycles. The van der Waals surface area contributed by atoms with Gasteiger partial charge in [0.25, 0.3) is 0 Å². The fourth-order valence-corrected chi connectivity index (χ4v) is 12.7. The molecule has 0 bridgehead atoms. The summed E-state index contributed by atoms with van der Waals surface area (Å²) >= 11 is 0. The highest BCUT2D eigenvalue weighted by Crippen LogP contribution is 2.53. The van der Waals surface area contributed by atoms with Crippen LogP contribution >= 0.6 is 16.3 Å². The normalized spacial score (nSPS) is 11.4. The second-order valence-electron chi connectivity index (χ2n) is 18.8. The van der Waals surface area contributed by atoms with Gasteiger partial charge in [0.2, 0.25) is 0 Å². The van der Waals surface area contributed by atoms with Crippen LogP contribution < -0.4 is 30.3 Å². The van der Waals surface area contributed by atoms with Gasteiger partial charge in [0.05, 0.1) is 0 Å². The number of rotatable bonds is 13. The first-order valence-corrected chi connectivity index (χ1v) is 25.8. The highest BCUT2D eigenvalue weighted by molar-refractivity contribution is 7.69. The van der Waals surface area contributed by atoms with Crippen LogP contribution in [-0.2, 0) is 12.8 Å². The molecule has 0 saturated heterocycles. The first-order valence-electron chi connectivity index (χ1n) is 23.2. The van der Waals surface area contributed by atoms with Gasteiger partial charge >= 0.3 is 0 Å². The van der Waals surface area contributed by atoms with E-state index in [9.17, 15) is 0 Å². The van der Waals surface area contributed by atoms with Crippen LogP contribution in [0.1, 0.15) is 89.0 Å². The predicted octanol–water partition coefficient (Wildman–Crippen LogP) is 15.1. The van der Waals surface area contributed by atoms with E-state index in [0.717, 1.165) is 35.5 Å². The maximum Gasteiger partial charge on any atom is 0.150 e. The Kier molecular flexibility index (Phi) is 14.2. The van der Waals surface area contributed by atoms with E-state index in [1.54, 1.807) is 0 Å². The lowest BCUT2D eigenvalue weighted by molar-refractivity contribution is 0.611. The van der Waals surface area contributed by atoms with Gasteiger partial charge in [-0.05, 0) is 128 Å². The second-order valence-corrected chi connectivity index (χ2v) is 22.4. The smallest absolute Gasteiger partial charge is 0.150 e. The van der Waals surface area contributed by atoms with Gasteiger partial charge in [-0.3, -0.25) is 0 Å². The van der Waals surface area contributed by atoms with Crippen LogP contribution in [0.25, 0.3) is 11.1 Å². The average molecular weight is 903 g/mol. The number of benzene rings is 8. The van der Waals surface area contributed by atoms with Crippen LogP contribution in [0.4, 0.5) is 0 Å². The highest BCUT2D eigenvalue weighted by atomic mass is 31.1. The molecule has 0 radical (unpaired) electrons. The van der Waals surface area contributed by atoms with E-state index in [0.29, 0.717) is 0 Å². The first-order chi connectivity index (χ1) is 31.6. The van der Waals surface area contributed by atoms with Gasteiger partial charge in [0, 0.05) is 45.2 Å². The van der Waals surface area contributed by atoms with Gasteiger partial charge in [-0.15, -0.1) is 0 Å². The summed E-state index contributed by atoms with van der Waals surface area (Å²) in [6, 6.07) is 54.4. The molecule has 66 heavy (non-hydrogen) atoms. The third-order valence-electron chi connectivity index (χ3n) is 12.8. The van der Waals surface area contributed by atoms with Crippen LogP contribution in [0.3, 0.4) is 0 Å². The van der Waals surface area contributed by atoms with E-state index in [-0.39, 0.29) is 0 Å². The van der Waals surface area contributed by atoms with Crippen LogP contribution in [0, 0.1) is 83.1 Å². The van der Waals surface area contributed by atoms with Crippen molar-refractivity contribution < 1.29 is 9.05 Å². The summed E-state index contributed by atoms with van der Waals surface area (Å²) in [5.41, 5.74) is 21.9. The van der Waals surface area contributed by atoms with Crippen molar-refractivity contribution in [2.75, 3.05) is 0 Å². The summed E-state index contributed by atoms with van der Waals surface area (Å²) in [5, 5.41) is 4.71. The molecule has 0 spiro atoms. The summed E-state index contributed by atoms with van der Waals surface area (Å²) in [6.45, 7) is 26.5. The number of hydrogen-bond donors (Lipinski definition) is 0. The molecule has 0 N–H and O–H groups in total. The fraction of sp³-hybridized carbons (Fsp3) is 0.226. The van der Waals surface area contributed by atoms with Crippen molar-refractivity contribution >= 4 is 37.5 Å². The lowest BCUT2D eigenvalue weighted by Gasteiger charge is -2.30. The van der Waals surface area contributed by atoms with Crippen LogP contribution in [0.15, 0.2) is 146 Å². The third-order valence-corrected chi connectivity index (χ3v) is 16.6. The van der Waals surface area contributed by atoms with Crippen molar-refractivity contribution in [2.24, 2.45) is 0 Å². The minimum absolute atomic E-state index is 0.729. The van der Waals surface area contributed by atoms with E-state index in [1.165, 1.54) is 110 Å². The molecular formula is C62H64O2P2. The Labute approximate surface area is 397 Å². The van der Waals surface area contributed by atoms with Crippen LogP contribution in [0.5, 0.6) is 11.5 Å². The maximum absolute atomic E-state index is 7.91. The monoisotopic (exact) mass is 902 g/mol. The van der Waals surface area contributed by atoms with Gasteiger partial charge in [0.1, 0.15) is 11.5 Å².